The van der Waals surface area contributed by atoms with Crippen LogP contribution in [0.1, 0.15) is 24.3 Å². The minimum atomic E-state index is -0.689. The molecule has 0 spiro atoms. The highest BCUT2D eigenvalue weighted by Crippen LogP contribution is 2.19. The molecule has 1 aromatic carbocycles. The molecule has 0 fully saturated rings. The van der Waals surface area contributed by atoms with Crippen molar-refractivity contribution in [1.29, 1.82) is 0 Å². The number of hydrogen-bond acceptors (Lipinski definition) is 3. The second kappa shape index (κ2) is 5.64. The minimum absolute atomic E-state index is 0.149. The summed E-state index contributed by atoms with van der Waals surface area (Å²) in [4.78, 5) is 12.0. The van der Waals surface area contributed by atoms with Gasteiger partial charge in [-0.3, -0.25) is 4.79 Å². The number of benzene rings is 1. The van der Waals surface area contributed by atoms with Crippen LogP contribution in [0.4, 0.5) is 0 Å². The van der Waals surface area contributed by atoms with Gasteiger partial charge in [0.05, 0.1) is 22.9 Å². The molecule has 0 aliphatic heterocycles. The molecule has 0 atom stereocenters. The zero-order valence-electron chi connectivity index (χ0n) is 11.3. The van der Waals surface area contributed by atoms with Gasteiger partial charge in [0.25, 0.3) is 5.91 Å². The van der Waals surface area contributed by atoms with Gasteiger partial charge in [0.2, 0.25) is 0 Å². The Morgan fingerprint density at radius 3 is 2.75 bits per heavy atom. The number of aliphatic hydroxyl groups is 1. The molecular weight excluding hydrogens is 278 g/mol. The van der Waals surface area contributed by atoms with E-state index in [0.717, 1.165) is 0 Å². The van der Waals surface area contributed by atoms with Crippen molar-refractivity contribution in [3.63, 3.8) is 0 Å². The van der Waals surface area contributed by atoms with Gasteiger partial charge in [-0.2, -0.15) is 5.10 Å². The number of nitrogens with one attached hydrogen (secondary N) is 1. The van der Waals surface area contributed by atoms with Crippen LogP contribution in [0, 0.1) is 0 Å². The molecule has 0 radical (unpaired) electrons. The zero-order chi connectivity index (χ0) is 14.8. The number of para-hydroxylation sites is 1. The highest BCUT2D eigenvalue weighted by molar-refractivity contribution is 6.32. The van der Waals surface area contributed by atoms with Crippen molar-refractivity contribution >= 4 is 17.5 Å². The van der Waals surface area contributed by atoms with E-state index in [0.29, 0.717) is 10.7 Å². The van der Waals surface area contributed by atoms with Gasteiger partial charge in [0, 0.05) is 6.20 Å². The molecule has 6 heteroatoms. The molecule has 1 amide bonds. The standard InChI is InChI=1S/C14H16ClN3O2/c1-14(2,9-19)16-13(20)11-7-8-18(17-11)12-6-4-3-5-10(12)15/h3-8,19H,9H2,1-2H3,(H,16,20). The predicted molar refractivity (Wildman–Crippen MR) is 77.2 cm³/mol. The topological polar surface area (TPSA) is 67.2 Å². The number of rotatable bonds is 4. The Morgan fingerprint density at radius 2 is 2.10 bits per heavy atom. The lowest BCUT2D eigenvalue weighted by molar-refractivity contribution is 0.0864. The van der Waals surface area contributed by atoms with E-state index in [9.17, 15) is 4.79 Å². The summed E-state index contributed by atoms with van der Waals surface area (Å²) in [7, 11) is 0. The largest absolute Gasteiger partial charge is 0.394 e. The van der Waals surface area contributed by atoms with Crippen molar-refractivity contribution in [2.24, 2.45) is 0 Å². The fraction of sp³-hybridized carbons (Fsp3) is 0.286. The highest BCUT2D eigenvalue weighted by atomic mass is 35.5. The summed E-state index contributed by atoms with van der Waals surface area (Å²) in [6.07, 6.45) is 1.67. The summed E-state index contributed by atoms with van der Waals surface area (Å²) < 4.78 is 1.54. The Morgan fingerprint density at radius 1 is 1.40 bits per heavy atom. The molecule has 0 saturated heterocycles. The van der Waals surface area contributed by atoms with Gasteiger partial charge in [-0.15, -0.1) is 0 Å². The Balaban J connectivity index is 2.22. The Kier molecular flexibility index (Phi) is 4.11. The van der Waals surface area contributed by atoms with Crippen molar-refractivity contribution in [2.45, 2.75) is 19.4 Å². The third-order valence-corrected chi connectivity index (χ3v) is 3.09. The second-order valence-electron chi connectivity index (χ2n) is 5.09. The molecule has 0 bridgehead atoms. The van der Waals surface area contributed by atoms with Crippen LogP contribution in [0.15, 0.2) is 36.5 Å². The van der Waals surface area contributed by atoms with E-state index < -0.39 is 5.54 Å². The van der Waals surface area contributed by atoms with Gasteiger partial charge in [-0.1, -0.05) is 23.7 Å². The molecule has 0 saturated carbocycles. The lowest BCUT2D eigenvalue weighted by atomic mass is 10.1. The molecule has 2 rings (SSSR count). The minimum Gasteiger partial charge on any atom is -0.394 e. The lowest BCUT2D eigenvalue weighted by Crippen LogP contribution is -2.46. The van der Waals surface area contributed by atoms with Crippen molar-refractivity contribution in [3.8, 4) is 5.69 Å². The Labute approximate surface area is 122 Å². The fourth-order valence-electron chi connectivity index (χ4n) is 1.63. The molecule has 106 valence electrons. The van der Waals surface area contributed by atoms with Gasteiger partial charge in [-0.05, 0) is 32.0 Å². The number of halogens is 1. The molecule has 0 aliphatic rings. The van der Waals surface area contributed by atoms with Crippen molar-refractivity contribution in [1.82, 2.24) is 15.1 Å². The summed E-state index contributed by atoms with van der Waals surface area (Å²) >= 11 is 6.08. The lowest BCUT2D eigenvalue weighted by Gasteiger charge is -2.22. The number of carbonyl (C=O) groups is 1. The maximum atomic E-state index is 12.0. The number of aromatic nitrogens is 2. The van der Waals surface area contributed by atoms with Crippen LogP contribution >= 0.6 is 11.6 Å². The maximum absolute atomic E-state index is 12.0. The SMILES string of the molecule is CC(C)(CO)NC(=O)c1ccn(-c2ccccc2Cl)n1. The molecule has 1 heterocycles. The highest BCUT2D eigenvalue weighted by Gasteiger charge is 2.21. The summed E-state index contributed by atoms with van der Waals surface area (Å²) in [6.45, 7) is 3.32. The normalized spacial score (nSPS) is 11.4. The third kappa shape index (κ3) is 3.18. The van der Waals surface area contributed by atoms with E-state index in [2.05, 4.69) is 10.4 Å². The van der Waals surface area contributed by atoms with Crippen LogP contribution < -0.4 is 5.32 Å². The second-order valence-corrected chi connectivity index (χ2v) is 5.50. The number of carbonyl (C=O) groups excluding carboxylic acids is 1. The summed E-state index contributed by atoms with van der Waals surface area (Å²) in [5.74, 6) is -0.338. The fourth-order valence-corrected chi connectivity index (χ4v) is 1.85. The molecule has 0 aliphatic carbocycles. The number of aliphatic hydroxyl groups excluding tert-OH is 1. The van der Waals surface area contributed by atoms with E-state index >= 15 is 0 Å². The monoisotopic (exact) mass is 293 g/mol. The van der Waals surface area contributed by atoms with Crippen LogP contribution in [-0.4, -0.2) is 32.9 Å². The van der Waals surface area contributed by atoms with E-state index in [-0.39, 0.29) is 18.2 Å². The smallest absolute Gasteiger partial charge is 0.272 e. The number of hydrogen-bond donors (Lipinski definition) is 2. The molecule has 20 heavy (non-hydrogen) atoms. The number of amides is 1. The van der Waals surface area contributed by atoms with Gasteiger partial charge in [0.15, 0.2) is 5.69 Å². The van der Waals surface area contributed by atoms with Crippen molar-refractivity contribution in [2.75, 3.05) is 6.61 Å². The first-order chi connectivity index (χ1) is 9.43. The van der Waals surface area contributed by atoms with Crippen LogP contribution in [0.2, 0.25) is 5.02 Å². The predicted octanol–water partition coefficient (Wildman–Crippen LogP) is 2.03. The first-order valence-electron chi connectivity index (χ1n) is 6.17. The van der Waals surface area contributed by atoms with Crippen LogP contribution in [0.3, 0.4) is 0 Å². The van der Waals surface area contributed by atoms with Gasteiger partial charge < -0.3 is 10.4 Å². The van der Waals surface area contributed by atoms with E-state index in [1.54, 1.807) is 36.9 Å². The summed E-state index contributed by atoms with van der Waals surface area (Å²) in [5, 5.41) is 16.6. The molecule has 2 N–H and O–H groups in total. The van der Waals surface area contributed by atoms with Crippen LogP contribution in [0.5, 0.6) is 0 Å². The summed E-state index contributed by atoms with van der Waals surface area (Å²) in [6, 6.07) is 8.85. The van der Waals surface area contributed by atoms with E-state index in [4.69, 9.17) is 16.7 Å². The van der Waals surface area contributed by atoms with Crippen LogP contribution in [0.25, 0.3) is 5.69 Å². The maximum Gasteiger partial charge on any atom is 0.272 e. The average molecular weight is 294 g/mol. The average Bonchev–Trinajstić information content (AvgIpc) is 2.88. The Hall–Kier alpha value is -1.85. The quantitative estimate of drug-likeness (QED) is 0.906. The molecule has 5 nitrogen and oxygen atoms in total. The molecule has 1 aromatic heterocycles. The number of nitrogens with zero attached hydrogens (tertiary/aromatic N) is 2. The van der Waals surface area contributed by atoms with Gasteiger partial charge >= 0.3 is 0 Å². The van der Waals surface area contributed by atoms with E-state index in [1.807, 2.05) is 18.2 Å². The first kappa shape index (κ1) is 14.6. The van der Waals surface area contributed by atoms with Gasteiger partial charge in [-0.25, -0.2) is 4.68 Å². The van der Waals surface area contributed by atoms with Gasteiger partial charge in [0.1, 0.15) is 0 Å². The van der Waals surface area contributed by atoms with E-state index in [1.165, 1.54) is 0 Å². The van der Waals surface area contributed by atoms with Crippen molar-refractivity contribution < 1.29 is 9.90 Å². The molecule has 2 aromatic rings. The third-order valence-electron chi connectivity index (χ3n) is 2.77. The Bertz CT molecular complexity index is 622. The first-order valence-corrected chi connectivity index (χ1v) is 6.55. The molecule has 0 unspecified atom stereocenters. The van der Waals surface area contributed by atoms with Crippen LogP contribution in [-0.2, 0) is 0 Å². The van der Waals surface area contributed by atoms with Crippen molar-refractivity contribution in [3.05, 3.63) is 47.2 Å². The molecular formula is C14H16ClN3O2. The zero-order valence-corrected chi connectivity index (χ0v) is 12.1. The summed E-state index contributed by atoms with van der Waals surface area (Å²) in [5.41, 5.74) is 0.284.